The summed E-state index contributed by atoms with van der Waals surface area (Å²) in [6, 6.07) is 14.7. The van der Waals surface area contributed by atoms with Gasteiger partial charge in [0.25, 0.3) is 7.37 Å². The van der Waals surface area contributed by atoms with Gasteiger partial charge in [-0.1, -0.05) is 12.1 Å². The van der Waals surface area contributed by atoms with Gasteiger partial charge >= 0.3 is 0 Å². The first-order valence-electron chi connectivity index (χ1n) is 8.66. The summed E-state index contributed by atoms with van der Waals surface area (Å²) in [5.41, 5.74) is 2.59. The van der Waals surface area contributed by atoms with Crippen LogP contribution in [0.15, 0.2) is 48.5 Å². The molecule has 2 rings (SSSR count). The maximum Gasteiger partial charge on any atom is 0.264 e. The zero-order valence-corrected chi connectivity index (χ0v) is 17.3. The van der Waals surface area contributed by atoms with Crippen molar-refractivity contribution in [2.45, 2.75) is 25.8 Å². The number of hydrogen-bond donors (Lipinski definition) is 1. The monoisotopic (exact) mass is 376 g/mol. The van der Waals surface area contributed by atoms with E-state index in [1.54, 1.807) is 24.3 Å². The molecule has 0 aliphatic heterocycles. The third-order valence-corrected chi connectivity index (χ3v) is 6.82. The van der Waals surface area contributed by atoms with E-state index in [9.17, 15) is 9.67 Å². The third-order valence-electron chi connectivity index (χ3n) is 4.12. The number of anilines is 2. The van der Waals surface area contributed by atoms with Crippen LogP contribution in [0, 0.1) is 0 Å². The van der Waals surface area contributed by atoms with Crippen molar-refractivity contribution in [3.63, 3.8) is 0 Å². The number of nitrogens with zero attached hydrogens (tertiary/aromatic N) is 2. The topological polar surface area (TPSA) is 53.0 Å². The second-order valence-electron chi connectivity index (χ2n) is 7.02. The summed E-state index contributed by atoms with van der Waals surface area (Å²) in [5, 5.41) is 11.5. The summed E-state index contributed by atoms with van der Waals surface area (Å²) < 4.78 is 19.5. The van der Waals surface area contributed by atoms with Crippen molar-refractivity contribution in [1.29, 1.82) is 0 Å². The first-order chi connectivity index (χ1) is 12.1. The molecule has 6 heteroatoms. The number of aliphatic hydroxyl groups excluding tert-OH is 1. The Morgan fingerprint density at radius 2 is 1.27 bits per heavy atom. The van der Waals surface area contributed by atoms with Gasteiger partial charge in [-0.3, -0.25) is 4.57 Å². The number of hydrogen-bond acceptors (Lipinski definition) is 5. The van der Waals surface area contributed by atoms with Crippen LogP contribution >= 0.6 is 7.37 Å². The van der Waals surface area contributed by atoms with Gasteiger partial charge in [-0.2, -0.15) is 0 Å². The minimum absolute atomic E-state index is 0.273. The fourth-order valence-corrected chi connectivity index (χ4v) is 4.95. The normalized spacial score (nSPS) is 14.8. The summed E-state index contributed by atoms with van der Waals surface area (Å²) >= 11 is 0. The minimum Gasteiger partial charge on any atom is -0.378 e. The quantitative estimate of drug-likeness (QED) is 0.744. The lowest BCUT2D eigenvalue weighted by Gasteiger charge is -2.27. The van der Waals surface area contributed by atoms with E-state index in [2.05, 4.69) is 0 Å². The molecule has 0 saturated heterocycles. The molecule has 2 atom stereocenters. The van der Waals surface area contributed by atoms with Gasteiger partial charge in [0, 0.05) is 44.9 Å². The summed E-state index contributed by atoms with van der Waals surface area (Å²) in [6.07, 6.45) is -0.273. The zero-order chi connectivity index (χ0) is 19.5. The molecule has 2 aromatic carbocycles. The molecular formula is C20H29N2O3P. The zero-order valence-electron chi connectivity index (χ0n) is 16.4. The Kier molecular flexibility index (Phi) is 6.51. The minimum atomic E-state index is -3.51. The molecule has 0 aromatic heterocycles. The Balaban J connectivity index is 2.42. The number of aliphatic hydroxyl groups is 1. The van der Waals surface area contributed by atoms with Crippen LogP contribution in [0.3, 0.4) is 0 Å². The van der Waals surface area contributed by atoms with E-state index in [0.29, 0.717) is 10.9 Å². The maximum absolute atomic E-state index is 13.7. The fraction of sp³-hybridized carbons (Fsp3) is 0.400. The van der Waals surface area contributed by atoms with Gasteiger partial charge in [-0.05, 0) is 55.8 Å². The molecule has 26 heavy (non-hydrogen) atoms. The van der Waals surface area contributed by atoms with Crippen LogP contribution in [0.25, 0.3) is 0 Å². The molecule has 0 amide bonds. The van der Waals surface area contributed by atoms with Gasteiger partial charge in [-0.15, -0.1) is 0 Å². The van der Waals surface area contributed by atoms with E-state index >= 15 is 0 Å². The van der Waals surface area contributed by atoms with E-state index in [1.165, 1.54) is 0 Å². The highest BCUT2D eigenvalue weighted by atomic mass is 31.2. The molecule has 5 nitrogen and oxygen atoms in total. The lowest BCUT2D eigenvalue weighted by molar-refractivity contribution is 0.189. The predicted molar refractivity (Wildman–Crippen MR) is 110 cm³/mol. The van der Waals surface area contributed by atoms with Gasteiger partial charge in [-0.25, -0.2) is 0 Å². The number of rotatable bonds is 7. The molecule has 0 saturated carbocycles. The molecule has 0 heterocycles. The van der Waals surface area contributed by atoms with Crippen LogP contribution in [0.2, 0.25) is 0 Å². The molecule has 142 valence electrons. The van der Waals surface area contributed by atoms with Gasteiger partial charge in [0.15, 0.2) is 5.85 Å². The fourth-order valence-electron chi connectivity index (χ4n) is 2.67. The van der Waals surface area contributed by atoms with Crippen molar-refractivity contribution < 1.29 is 14.2 Å². The van der Waals surface area contributed by atoms with E-state index < -0.39 is 13.2 Å². The van der Waals surface area contributed by atoms with Crippen LogP contribution in [0.1, 0.15) is 25.3 Å². The number of benzene rings is 2. The van der Waals surface area contributed by atoms with Crippen LogP contribution in [0.5, 0.6) is 0 Å². The lowest BCUT2D eigenvalue weighted by Crippen LogP contribution is -2.18. The molecule has 0 radical (unpaired) electrons. The highest BCUT2D eigenvalue weighted by Gasteiger charge is 2.37. The van der Waals surface area contributed by atoms with Crippen molar-refractivity contribution in [2.75, 3.05) is 38.0 Å². The van der Waals surface area contributed by atoms with Crippen molar-refractivity contribution in [3.05, 3.63) is 54.1 Å². The average Bonchev–Trinajstić information content (AvgIpc) is 2.60. The van der Waals surface area contributed by atoms with Gasteiger partial charge < -0.3 is 19.4 Å². The Morgan fingerprint density at radius 3 is 1.65 bits per heavy atom. The van der Waals surface area contributed by atoms with Crippen molar-refractivity contribution >= 4 is 24.0 Å². The lowest BCUT2D eigenvalue weighted by atomic mass is 10.2. The first kappa shape index (κ1) is 20.5. The van der Waals surface area contributed by atoms with Crippen LogP contribution in [-0.2, 0) is 9.09 Å². The smallest absolute Gasteiger partial charge is 0.264 e. The Morgan fingerprint density at radius 1 is 0.846 bits per heavy atom. The molecule has 1 N–H and O–H groups in total. The van der Waals surface area contributed by atoms with Gasteiger partial charge in [0.1, 0.15) is 0 Å². The Labute approximate surface area is 156 Å². The second kappa shape index (κ2) is 8.26. The van der Waals surface area contributed by atoms with E-state index in [0.717, 1.165) is 11.4 Å². The van der Waals surface area contributed by atoms with Crippen LogP contribution in [0.4, 0.5) is 11.4 Å². The van der Waals surface area contributed by atoms with Crippen molar-refractivity contribution in [1.82, 2.24) is 0 Å². The SMILES string of the molecule is CC(C)O[P@](=O)(c1ccc(N(C)C)cc1)[C@@H](O)c1ccc(N(C)C)cc1. The largest absolute Gasteiger partial charge is 0.378 e. The Hall–Kier alpha value is -1.81. The molecule has 0 spiro atoms. The van der Waals surface area contributed by atoms with Gasteiger partial charge in [0.2, 0.25) is 0 Å². The maximum atomic E-state index is 13.7. The highest BCUT2D eigenvalue weighted by molar-refractivity contribution is 7.67. The van der Waals surface area contributed by atoms with Crippen LogP contribution in [-0.4, -0.2) is 39.4 Å². The molecule has 0 bridgehead atoms. The highest BCUT2D eigenvalue weighted by Crippen LogP contribution is 2.58. The van der Waals surface area contributed by atoms with Crippen LogP contribution < -0.4 is 15.1 Å². The molecule has 0 unspecified atom stereocenters. The molecule has 2 aromatic rings. The molecule has 0 aliphatic carbocycles. The van der Waals surface area contributed by atoms with E-state index in [4.69, 9.17) is 4.52 Å². The predicted octanol–water partition coefficient (Wildman–Crippen LogP) is 3.84. The average molecular weight is 376 g/mol. The summed E-state index contributed by atoms with van der Waals surface area (Å²) in [7, 11) is 4.28. The third kappa shape index (κ3) is 4.47. The molecule has 0 fully saturated rings. The van der Waals surface area contributed by atoms with E-state index in [1.807, 2.05) is 76.1 Å². The Bertz CT molecular complexity index is 756. The van der Waals surface area contributed by atoms with E-state index in [-0.39, 0.29) is 6.10 Å². The summed E-state index contributed by atoms with van der Waals surface area (Å²) in [6.45, 7) is 3.64. The second-order valence-corrected chi connectivity index (χ2v) is 9.43. The summed E-state index contributed by atoms with van der Waals surface area (Å²) in [5.74, 6) is -1.22. The van der Waals surface area contributed by atoms with Gasteiger partial charge in [0.05, 0.1) is 6.10 Å². The molecular weight excluding hydrogens is 347 g/mol. The molecule has 0 aliphatic rings. The summed E-state index contributed by atoms with van der Waals surface area (Å²) in [4.78, 5) is 3.94. The first-order valence-corrected chi connectivity index (χ1v) is 10.4. The van der Waals surface area contributed by atoms with Crippen molar-refractivity contribution in [3.8, 4) is 0 Å². The standard InChI is InChI=1S/C20H29N2O3P/c1-15(2)25-26(24,19-13-11-18(12-14-19)22(5)6)20(23)16-7-9-17(10-8-16)21(3)4/h7-15,20,23H,1-6H3/t20-,26-/m1/s1. The van der Waals surface area contributed by atoms with Crippen molar-refractivity contribution in [2.24, 2.45) is 0 Å².